The number of ether oxygens (including phenoxy) is 2. The molecule has 0 aromatic carbocycles. The number of nitrogens with zero attached hydrogens (tertiary/aromatic N) is 4. The molecule has 0 aliphatic rings. The van der Waals surface area contributed by atoms with Crippen LogP contribution in [0.5, 0.6) is 0 Å². The Kier molecular flexibility index (Phi) is 4.58. The molecule has 0 radical (unpaired) electrons. The number of aromatic nitrogens is 1. The van der Waals surface area contributed by atoms with Crippen molar-refractivity contribution in [3.63, 3.8) is 0 Å². The summed E-state index contributed by atoms with van der Waals surface area (Å²) < 4.78 is 10.6. The van der Waals surface area contributed by atoms with Gasteiger partial charge >= 0.3 is 12.1 Å². The number of carbonyl (C=O) groups is 2. The van der Waals surface area contributed by atoms with Crippen LogP contribution in [0.15, 0.2) is 17.4 Å². The van der Waals surface area contributed by atoms with E-state index in [9.17, 15) is 9.59 Å². The predicted octanol–water partition coefficient (Wildman–Crippen LogP) is 1.63. The molecule has 9 heteroatoms. The van der Waals surface area contributed by atoms with Crippen molar-refractivity contribution in [3.8, 4) is 0 Å². The van der Waals surface area contributed by atoms with Crippen molar-refractivity contribution in [2.24, 2.45) is 12.2 Å². The Hall–Kier alpha value is -2.67. The quantitative estimate of drug-likeness (QED) is 0.379. The average Bonchev–Trinajstić information content (AvgIpc) is 2.69. The number of anilines is 1. The Labute approximate surface area is 102 Å². The summed E-state index contributed by atoms with van der Waals surface area (Å²) in [7, 11) is 2.89. The summed E-state index contributed by atoms with van der Waals surface area (Å²) in [4.78, 5) is 24.9. The molecule has 0 aliphatic heterocycles. The second-order valence-corrected chi connectivity index (χ2v) is 3.13. The largest absolute Gasteiger partial charge is 0.464 e. The lowest BCUT2D eigenvalue weighted by atomic mass is 10.4. The minimum absolute atomic E-state index is 0.280. The summed E-state index contributed by atoms with van der Waals surface area (Å²) in [6.07, 6.45) is 0.727. The smallest absolute Gasteiger partial charge is 0.411 e. The highest BCUT2D eigenvalue weighted by molar-refractivity contribution is 5.91. The number of aryl methyl sites for hydroxylation is 1. The summed E-state index contributed by atoms with van der Waals surface area (Å²) in [6, 6.07) is 1.43. The molecule has 0 unspecified atom stereocenters. The van der Waals surface area contributed by atoms with Crippen LogP contribution in [0.4, 0.5) is 10.5 Å². The van der Waals surface area contributed by atoms with Gasteiger partial charge in [0, 0.05) is 18.2 Å². The van der Waals surface area contributed by atoms with Gasteiger partial charge in [-0.2, -0.15) is 0 Å². The number of nitrogens with one attached hydrogen (secondary N) is 1. The normalized spacial score (nSPS) is 9.22. The van der Waals surface area contributed by atoms with E-state index < -0.39 is 18.8 Å². The minimum atomic E-state index is -0.788. The molecular weight excluding hydrogens is 242 g/mol. The molecule has 96 valence electrons. The Morgan fingerprint density at radius 1 is 1.61 bits per heavy atom. The Morgan fingerprint density at radius 2 is 2.33 bits per heavy atom. The first-order valence-corrected chi connectivity index (χ1v) is 4.77. The molecule has 0 fully saturated rings. The molecule has 0 saturated heterocycles. The summed E-state index contributed by atoms with van der Waals surface area (Å²) in [6.45, 7) is -0.404. The third-order valence-electron chi connectivity index (χ3n) is 1.96. The topological polar surface area (TPSA) is 118 Å². The zero-order valence-electron chi connectivity index (χ0n) is 9.78. The van der Waals surface area contributed by atoms with E-state index in [4.69, 9.17) is 5.53 Å². The van der Waals surface area contributed by atoms with Crippen molar-refractivity contribution in [2.45, 2.75) is 0 Å². The van der Waals surface area contributed by atoms with Crippen LogP contribution in [0, 0.1) is 0 Å². The van der Waals surface area contributed by atoms with Gasteiger partial charge < -0.3 is 14.0 Å². The molecule has 0 bridgehead atoms. The molecule has 0 spiro atoms. The van der Waals surface area contributed by atoms with Gasteiger partial charge in [-0.1, -0.05) is 5.11 Å². The fourth-order valence-electron chi connectivity index (χ4n) is 1.21. The minimum Gasteiger partial charge on any atom is -0.464 e. The number of hydrogen-bond acceptors (Lipinski definition) is 5. The average molecular weight is 253 g/mol. The second-order valence-electron chi connectivity index (χ2n) is 3.13. The van der Waals surface area contributed by atoms with Crippen LogP contribution in [0.3, 0.4) is 0 Å². The molecule has 1 heterocycles. The van der Waals surface area contributed by atoms with Crippen molar-refractivity contribution in [3.05, 3.63) is 28.4 Å². The van der Waals surface area contributed by atoms with Crippen molar-refractivity contribution >= 4 is 17.7 Å². The van der Waals surface area contributed by atoms with Gasteiger partial charge in [0.1, 0.15) is 5.69 Å². The molecule has 0 aliphatic carbocycles. The molecule has 1 N–H and O–H groups in total. The molecule has 1 aromatic heterocycles. The molecule has 18 heavy (non-hydrogen) atoms. The fraction of sp³-hybridized carbons (Fsp3) is 0.333. The van der Waals surface area contributed by atoms with Crippen molar-refractivity contribution in [1.82, 2.24) is 4.57 Å². The Morgan fingerprint density at radius 3 is 2.94 bits per heavy atom. The molecule has 0 saturated carbocycles. The van der Waals surface area contributed by atoms with E-state index in [1.54, 1.807) is 7.05 Å². The van der Waals surface area contributed by atoms with Gasteiger partial charge in [-0.05, 0) is 11.6 Å². The summed E-state index contributed by atoms with van der Waals surface area (Å²) in [5.74, 6) is -0.520. The highest BCUT2D eigenvalue weighted by Crippen LogP contribution is 2.13. The van der Waals surface area contributed by atoms with Gasteiger partial charge in [0.25, 0.3) is 0 Å². The van der Waals surface area contributed by atoms with E-state index in [-0.39, 0.29) is 5.69 Å². The van der Waals surface area contributed by atoms with Crippen molar-refractivity contribution in [1.29, 1.82) is 0 Å². The lowest BCUT2D eigenvalue weighted by molar-refractivity contribution is 0.0590. The summed E-state index contributed by atoms with van der Waals surface area (Å²) in [5.41, 5.74) is 8.63. The third-order valence-corrected chi connectivity index (χ3v) is 1.96. The van der Waals surface area contributed by atoms with Crippen molar-refractivity contribution < 1.29 is 19.1 Å². The van der Waals surface area contributed by atoms with E-state index in [0.717, 1.165) is 0 Å². The maximum Gasteiger partial charge on any atom is 0.411 e. The van der Waals surface area contributed by atoms with Crippen molar-refractivity contribution in [2.75, 3.05) is 19.2 Å². The first kappa shape index (κ1) is 13.4. The zero-order chi connectivity index (χ0) is 13.5. The number of amides is 1. The molecule has 9 nitrogen and oxygen atoms in total. The molecule has 1 amide bonds. The molecule has 1 rings (SSSR count). The fourth-order valence-corrected chi connectivity index (χ4v) is 1.21. The van der Waals surface area contributed by atoms with Crippen LogP contribution in [0.1, 0.15) is 10.5 Å². The van der Waals surface area contributed by atoms with E-state index >= 15 is 0 Å². The van der Waals surface area contributed by atoms with Gasteiger partial charge in [0.2, 0.25) is 0 Å². The van der Waals surface area contributed by atoms with Crippen LogP contribution in [0.2, 0.25) is 0 Å². The molecule has 0 atom stereocenters. The van der Waals surface area contributed by atoms with Crippen LogP contribution in [-0.2, 0) is 16.5 Å². The summed E-state index contributed by atoms with van der Waals surface area (Å²) in [5, 5.41) is 5.40. The first-order chi connectivity index (χ1) is 8.58. The van der Waals surface area contributed by atoms with Crippen LogP contribution >= 0.6 is 0 Å². The van der Waals surface area contributed by atoms with E-state index in [0.29, 0.717) is 5.69 Å². The lowest BCUT2D eigenvalue weighted by Gasteiger charge is -2.01. The van der Waals surface area contributed by atoms with Crippen LogP contribution in [0.25, 0.3) is 10.4 Å². The highest BCUT2D eigenvalue weighted by Gasteiger charge is 2.13. The van der Waals surface area contributed by atoms with Crippen LogP contribution < -0.4 is 5.32 Å². The number of azide groups is 1. The van der Waals surface area contributed by atoms with E-state index in [1.807, 2.05) is 0 Å². The van der Waals surface area contributed by atoms with Gasteiger partial charge in [-0.15, -0.1) is 0 Å². The zero-order valence-corrected chi connectivity index (χ0v) is 9.78. The third kappa shape index (κ3) is 3.42. The summed E-state index contributed by atoms with van der Waals surface area (Å²) >= 11 is 0. The lowest BCUT2D eigenvalue weighted by Crippen LogP contribution is -2.12. The number of rotatable bonds is 4. The number of esters is 1. The molecular formula is C9H11N5O4. The molecule has 1 aromatic rings. The Bertz CT molecular complexity index is 503. The standard InChI is InChI=1S/C9H11N5O4/c1-14-4-6(3-7(14)8(15)17-2)12-9(16)18-5-11-13-10/h3-4H,5H2,1-2H3,(H,12,16). The first-order valence-electron chi connectivity index (χ1n) is 4.77. The number of hydrogen-bond donors (Lipinski definition) is 1. The highest BCUT2D eigenvalue weighted by atomic mass is 16.6. The Balaban J connectivity index is 2.65. The number of carbonyl (C=O) groups excluding carboxylic acids is 2. The van der Waals surface area contributed by atoms with Gasteiger partial charge in [0.15, 0.2) is 6.73 Å². The second kappa shape index (κ2) is 6.16. The SMILES string of the molecule is COC(=O)c1cc(NC(=O)OCN=[N+]=[N-])cn1C. The van der Waals surface area contributed by atoms with Gasteiger partial charge in [0.05, 0.1) is 12.8 Å². The van der Waals surface area contributed by atoms with Crippen LogP contribution in [-0.4, -0.2) is 30.5 Å². The van der Waals surface area contributed by atoms with E-state index in [2.05, 4.69) is 24.8 Å². The van der Waals surface area contributed by atoms with Gasteiger partial charge in [-0.25, -0.2) is 9.59 Å². The van der Waals surface area contributed by atoms with Gasteiger partial charge in [-0.3, -0.25) is 5.32 Å². The maximum absolute atomic E-state index is 11.3. The predicted molar refractivity (Wildman–Crippen MR) is 60.9 cm³/mol. The number of methoxy groups -OCH3 is 1. The maximum atomic E-state index is 11.3. The van der Waals surface area contributed by atoms with E-state index in [1.165, 1.54) is 23.9 Å². The monoisotopic (exact) mass is 253 g/mol.